The molecule has 0 spiro atoms. The van der Waals surface area contributed by atoms with Crippen molar-refractivity contribution in [1.82, 2.24) is 20.1 Å². The normalized spacial score (nSPS) is 14.2. The average molecular weight is 473 g/mol. The minimum Gasteiger partial charge on any atom is -0.378 e. The number of aromatic nitrogens is 3. The number of aryl methyl sites for hydroxylation is 1. The van der Waals surface area contributed by atoms with Gasteiger partial charge in [-0.3, -0.25) is 9.59 Å². The van der Waals surface area contributed by atoms with E-state index < -0.39 is 28.8 Å². The van der Waals surface area contributed by atoms with Crippen LogP contribution in [0.25, 0.3) is 5.69 Å². The van der Waals surface area contributed by atoms with E-state index in [0.29, 0.717) is 18.9 Å². The number of nitrogens with one attached hydrogen (secondary N) is 1. The molecule has 0 radical (unpaired) electrons. The Hall–Kier alpha value is -3.73. The number of ether oxygens (including phenoxy) is 1. The molecule has 1 fully saturated rings. The van der Waals surface area contributed by atoms with Crippen molar-refractivity contribution >= 4 is 11.7 Å². The van der Waals surface area contributed by atoms with Crippen LogP contribution in [-0.2, 0) is 17.5 Å². The number of pyridine rings is 1. The second-order valence-corrected chi connectivity index (χ2v) is 7.77. The van der Waals surface area contributed by atoms with Crippen LogP contribution < -0.4 is 15.6 Å². The maximum absolute atomic E-state index is 13.1. The molecule has 0 bridgehead atoms. The van der Waals surface area contributed by atoms with Gasteiger partial charge >= 0.3 is 6.18 Å². The lowest BCUT2D eigenvalue weighted by atomic mass is 10.2. The lowest BCUT2D eigenvalue weighted by Crippen LogP contribution is -2.36. The Morgan fingerprint density at radius 3 is 2.59 bits per heavy atom. The number of halogens is 3. The number of hydrogen-bond acceptors (Lipinski definition) is 6. The molecule has 8 nitrogen and oxygen atoms in total. The molecule has 178 valence electrons. The van der Waals surface area contributed by atoms with Gasteiger partial charge in [0.25, 0.3) is 5.91 Å². The predicted octanol–water partition coefficient (Wildman–Crippen LogP) is 2.72. The molecule has 0 aliphatic carbocycles. The van der Waals surface area contributed by atoms with Crippen molar-refractivity contribution in [1.29, 1.82) is 0 Å². The standard InChI is InChI=1S/C23H22F3N5O3/c1-15-11-19(32)21(29-31(15)18-4-2-3-17(12-18)23(24,25)26)22(33)28-14-16-5-6-20(27-13-16)30-7-9-34-10-8-30/h2-6,11-13H,7-10,14H2,1H3,(H,28,33). The van der Waals surface area contributed by atoms with E-state index in [1.54, 1.807) is 6.20 Å². The minimum atomic E-state index is -4.53. The summed E-state index contributed by atoms with van der Waals surface area (Å²) in [5.41, 5.74) is -0.799. The summed E-state index contributed by atoms with van der Waals surface area (Å²) >= 11 is 0. The van der Waals surface area contributed by atoms with Crippen LogP contribution in [0.3, 0.4) is 0 Å². The molecule has 11 heteroatoms. The maximum Gasteiger partial charge on any atom is 0.416 e. The molecule has 1 aliphatic rings. The largest absolute Gasteiger partial charge is 0.416 e. The van der Waals surface area contributed by atoms with E-state index >= 15 is 0 Å². The smallest absolute Gasteiger partial charge is 0.378 e. The zero-order valence-electron chi connectivity index (χ0n) is 18.3. The molecule has 0 atom stereocenters. The van der Waals surface area contributed by atoms with Crippen LogP contribution >= 0.6 is 0 Å². The van der Waals surface area contributed by atoms with Gasteiger partial charge < -0.3 is 15.0 Å². The van der Waals surface area contributed by atoms with Crippen molar-refractivity contribution in [3.05, 3.63) is 81.4 Å². The van der Waals surface area contributed by atoms with E-state index in [2.05, 4.69) is 20.3 Å². The van der Waals surface area contributed by atoms with Crippen LogP contribution in [0.15, 0.2) is 53.5 Å². The summed E-state index contributed by atoms with van der Waals surface area (Å²) in [7, 11) is 0. The summed E-state index contributed by atoms with van der Waals surface area (Å²) in [5.74, 6) is 0.0746. The van der Waals surface area contributed by atoms with Gasteiger partial charge in [-0.05, 0) is 36.8 Å². The Morgan fingerprint density at radius 2 is 1.91 bits per heavy atom. The average Bonchev–Trinajstić information content (AvgIpc) is 2.83. The first-order valence-corrected chi connectivity index (χ1v) is 10.6. The summed E-state index contributed by atoms with van der Waals surface area (Å²) in [6.45, 7) is 4.41. The highest BCUT2D eigenvalue weighted by Gasteiger charge is 2.30. The molecule has 1 aromatic carbocycles. The zero-order valence-corrected chi connectivity index (χ0v) is 18.3. The SMILES string of the molecule is Cc1cc(=O)c(C(=O)NCc2ccc(N3CCOCC3)nc2)nn1-c1cccc(C(F)(F)F)c1. The molecular formula is C23H22F3N5O3. The fraction of sp³-hybridized carbons (Fsp3) is 0.304. The first-order valence-electron chi connectivity index (χ1n) is 10.6. The van der Waals surface area contributed by atoms with Gasteiger partial charge in [0, 0.05) is 37.6 Å². The Kier molecular flexibility index (Phi) is 6.64. The second kappa shape index (κ2) is 9.64. The highest BCUT2D eigenvalue weighted by atomic mass is 19.4. The third kappa shape index (κ3) is 5.25. The Morgan fingerprint density at radius 1 is 1.15 bits per heavy atom. The Bertz CT molecular complexity index is 1240. The third-order valence-electron chi connectivity index (χ3n) is 5.34. The Labute approximate surface area is 193 Å². The summed E-state index contributed by atoms with van der Waals surface area (Å²) in [4.78, 5) is 31.5. The van der Waals surface area contributed by atoms with E-state index in [9.17, 15) is 22.8 Å². The van der Waals surface area contributed by atoms with Gasteiger partial charge in [-0.1, -0.05) is 12.1 Å². The van der Waals surface area contributed by atoms with Crippen molar-refractivity contribution < 1.29 is 22.7 Å². The molecule has 4 rings (SSSR count). The van der Waals surface area contributed by atoms with E-state index in [0.717, 1.165) is 41.3 Å². The van der Waals surface area contributed by atoms with Crippen LogP contribution in [0.4, 0.5) is 19.0 Å². The number of nitrogens with zero attached hydrogens (tertiary/aromatic N) is 4. The third-order valence-corrected chi connectivity index (χ3v) is 5.34. The number of hydrogen-bond donors (Lipinski definition) is 1. The molecule has 1 amide bonds. The fourth-order valence-corrected chi connectivity index (χ4v) is 3.55. The molecule has 3 aromatic rings. The van der Waals surface area contributed by atoms with Crippen LogP contribution in [0.5, 0.6) is 0 Å². The van der Waals surface area contributed by atoms with Crippen LogP contribution in [-0.4, -0.2) is 47.0 Å². The first kappa shape index (κ1) is 23.4. The molecule has 0 saturated carbocycles. The van der Waals surface area contributed by atoms with Crippen LogP contribution in [0, 0.1) is 6.92 Å². The van der Waals surface area contributed by atoms with Crippen LogP contribution in [0.1, 0.15) is 27.3 Å². The quantitative estimate of drug-likeness (QED) is 0.613. The highest BCUT2D eigenvalue weighted by molar-refractivity contribution is 5.92. The number of carbonyl (C=O) groups is 1. The fourth-order valence-electron chi connectivity index (χ4n) is 3.55. The van der Waals surface area contributed by atoms with Gasteiger partial charge in [0.15, 0.2) is 5.69 Å². The summed E-state index contributed by atoms with van der Waals surface area (Å²) < 4.78 is 45.7. The van der Waals surface area contributed by atoms with Gasteiger partial charge in [-0.25, -0.2) is 9.67 Å². The predicted molar refractivity (Wildman–Crippen MR) is 118 cm³/mol. The van der Waals surface area contributed by atoms with Crippen molar-refractivity contribution in [2.24, 2.45) is 0 Å². The summed E-state index contributed by atoms with van der Waals surface area (Å²) in [5, 5.41) is 6.66. The highest BCUT2D eigenvalue weighted by Crippen LogP contribution is 2.30. The zero-order chi connectivity index (χ0) is 24.3. The van der Waals surface area contributed by atoms with E-state index in [1.165, 1.54) is 25.1 Å². The number of anilines is 1. The number of benzene rings is 1. The van der Waals surface area contributed by atoms with Gasteiger partial charge in [0.2, 0.25) is 5.43 Å². The molecular weight excluding hydrogens is 451 g/mol. The van der Waals surface area contributed by atoms with Gasteiger partial charge in [0.05, 0.1) is 24.5 Å². The van der Waals surface area contributed by atoms with E-state index in [-0.39, 0.29) is 12.2 Å². The topological polar surface area (TPSA) is 89.3 Å². The molecule has 1 N–H and O–H groups in total. The molecule has 0 unspecified atom stereocenters. The van der Waals surface area contributed by atoms with Crippen LogP contribution in [0.2, 0.25) is 0 Å². The van der Waals surface area contributed by atoms with Crippen molar-refractivity contribution in [3.8, 4) is 5.69 Å². The van der Waals surface area contributed by atoms with E-state index in [1.807, 2.05) is 12.1 Å². The van der Waals surface area contributed by atoms with Crippen molar-refractivity contribution in [2.45, 2.75) is 19.6 Å². The van der Waals surface area contributed by atoms with Crippen molar-refractivity contribution in [2.75, 3.05) is 31.2 Å². The van der Waals surface area contributed by atoms with Gasteiger partial charge in [-0.15, -0.1) is 0 Å². The number of alkyl halides is 3. The number of amides is 1. The second-order valence-electron chi connectivity index (χ2n) is 7.77. The summed E-state index contributed by atoms with van der Waals surface area (Å²) in [6.07, 6.45) is -2.90. The number of morpholine rings is 1. The van der Waals surface area contributed by atoms with Gasteiger partial charge in [-0.2, -0.15) is 18.3 Å². The molecule has 34 heavy (non-hydrogen) atoms. The Balaban J connectivity index is 1.50. The minimum absolute atomic E-state index is 0.0873. The number of carbonyl (C=O) groups excluding carboxylic acids is 1. The monoisotopic (exact) mass is 473 g/mol. The molecule has 1 aliphatic heterocycles. The lowest BCUT2D eigenvalue weighted by molar-refractivity contribution is -0.137. The molecule has 3 heterocycles. The lowest BCUT2D eigenvalue weighted by Gasteiger charge is -2.27. The maximum atomic E-state index is 13.1. The number of rotatable bonds is 5. The van der Waals surface area contributed by atoms with E-state index in [4.69, 9.17) is 4.74 Å². The first-order chi connectivity index (χ1) is 16.2. The van der Waals surface area contributed by atoms with Crippen molar-refractivity contribution in [3.63, 3.8) is 0 Å². The molecule has 1 saturated heterocycles. The van der Waals surface area contributed by atoms with Gasteiger partial charge in [0.1, 0.15) is 5.82 Å². The summed E-state index contributed by atoms with van der Waals surface area (Å²) in [6, 6.07) is 9.34. The molecule has 2 aromatic heterocycles.